The Labute approximate surface area is 108 Å². The van der Waals surface area contributed by atoms with Gasteiger partial charge in [-0.1, -0.05) is 25.1 Å². The smallest absolute Gasteiger partial charge is 0.139 e. The van der Waals surface area contributed by atoms with E-state index in [1.807, 2.05) is 12.1 Å². The quantitative estimate of drug-likeness (QED) is 0.793. The molecule has 2 unspecified atom stereocenters. The van der Waals surface area contributed by atoms with Gasteiger partial charge >= 0.3 is 0 Å². The first-order valence-electron chi connectivity index (χ1n) is 6.50. The minimum atomic E-state index is -0.0827. The lowest BCUT2D eigenvalue weighted by molar-refractivity contribution is -0.124. The molecule has 0 saturated heterocycles. The van der Waals surface area contributed by atoms with Crippen molar-refractivity contribution < 1.29 is 9.53 Å². The van der Waals surface area contributed by atoms with Crippen LogP contribution in [0.1, 0.15) is 31.7 Å². The lowest BCUT2D eigenvalue weighted by Gasteiger charge is -2.27. The molecular formula is C16H18O2. The number of Topliss-reactive ketones (excluding diaryl/α,β-unsaturated/α-hetero) is 1. The van der Waals surface area contributed by atoms with Gasteiger partial charge in [-0.25, -0.2) is 0 Å². The number of carbonyl (C=O) groups excluding carboxylic acids is 1. The number of hydrogen-bond acceptors (Lipinski definition) is 2. The van der Waals surface area contributed by atoms with Gasteiger partial charge in [0.1, 0.15) is 11.5 Å². The number of ether oxygens (including phenoxy) is 1. The second-order valence-electron chi connectivity index (χ2n) is 5.68. The predicted octanol–water partition coefficient (Wildman–Crippen LogP) is 3.47. The van der Waals surface area contributed by atoms with E-state index in [2.05, 4.69) is 25.1 Å². The number of allylic oxidation sites excluding steroid dienone is 2. The summed E-state index contributed by atoms with van der Waals surface area (Å²) in [6.07, 6.45) is 4.89. The standard InChI is InChI=1S/C16H18O2/c1-16-8-7-14(12(10-16)9-15(16)17)11-3-5-13(18-2)6-4-11/h3-7,12H,8-10H2,1-2H3. The molecule has 0 radical (unpaired) electrons. The van der Waals surface area contributed by atoms with Crippen LogP contribution in [0, 0.1) is 11.3 Å². The van der Waals surface area contributed by atoms with E-state index in [0.717, 1.165) is 18.6 Å². The van der Waals surface area contributed by atoms with Gasteiger partial charge in [0.05, 0.1) is 7.11 Å². The molecule has 0 heterocycles. The second-order valence-corrected chi connectivity index (χ2v) is 5.68. The molecule has 18 heavy (non-hydrogen) atoms. The van der Waals surface area contributed by atoms with E-state index in [0.29, 0.717) is 18.1 Å². The molecule has 0 spiro atoms. The minimum Gasteiger partial charge on any atom is -0.497 e. The third-order valence-electron chi connectivity index (χ3n) is 4.44. The molecule has 94 valence electrons. The summed E-state index contributed by atoms with van der Waals surface area (Å²) < 4.78 is 5.18. The van der Waals surface area contributed by atoms with Crippen LogP contribution in [-0.4, -0.2) is 12.9 Å². The molecule has 1 aromatic rings. The van der Waals surface area contributed by atoms with E-state index in [1.54, 1.807) is 7.11 Å². The average molecular weight is 242 g/mol. The fraction of sp³-hybridized carbons (Fsp3) is 0.438. The molecule has 0 amide bonds. The van der Waals surface area contributed by atoms with E-state index in [1.165, 1.54) is 11.1 Å². The monoisotopic (exact) mass is 242 g/mol. The van der Waals surface area contributed by atoms with Gasteiger partial charge in [-0.2, -0.15) is 0 Å². The number of methoxy groups -OCH3 is 1. The second kappa shape index (κ2) is 3.98. The number of rotatable bonds is 2. The zero-order chi connectivity index (χ0) is 12.8. The fourth-order valence-corrected chi connectivity index (χ4v) is 3.26. The Morgan fingerprint density at radius 2 is 2.00 bits per heavy atom. The molecule has 1 fully saturated rings. The molecule has 3 rings (SSSR count). The van der Waals surface area contributed by atoms with E-state index in [-0.39, 0.29) is 5.41 Å². The topological polar surface area (TPSA) is 26.3 Å². The van der Waals surface area contributed by atoms with E-state index < -0.39 is 0 Å². The Balaban J connectivity index is 1.91. The lowest BCUT2D eigenvalue weighted by atomic mass is 9.76. The predicted molar refractivity (Wildman–Crippen MR) is 71.4 cm³/mol. The lowest BCUT2D eigenvalue weighted by Crippen LogP contribution is -2.22. The summed E-state index contributed by atoms with van der Waals surface area (Å²) in [6, 6.07) is 8.16. The first kappa shape index (κ1) is 11.5. The zero-order valence-corrected chi connectivity index (χ0v) is 10.9. The van der Waals surface area contributed by atoms with Gasteiger partial charge in [0.25, 0.3) is 0 Å². The van der Waals surface area contributed by atoms with E-state index >= 15 is 0 Å². The number of carbonyl (C=O) groups is 1. The Bertz CT molecular complexity index is 512. The summed E-state index contributed by atoms with van der Waals surface area (Å²) in [5.74, 6) is 1.74. The molecule has 0 aliphatic heterocycles. The molecule has 2 atom stereocenters. The molecule has 0 N–H and O–H groups in total. The fourth-order valence-electron chi connectivity index (χ4n) is 3.26. The van der Waals surface area contributed by atoms with Gasteiger partial charge in [-0.15, -0.1) is 0 Å². The van der Waals surface area contributed by atoms with Crippen LogP contribution in [0.3, 0.4) is 0 Å². The molecular weight excluding hydrogens is 224 g/mol. The van der Waals surface area contributed by atoms with Crippen LogP contribution in [0.5, 0.6) is 5.75 Å². The highest BCUT2D eigenvalue weighted by molar-refractivity contribution is 5.92. The third kappa shape index (κ3) is 1.67. The van der Waals surface area contributed by atoms with Gasteiger partial charge in [0.15, 0.2) is 0 Å². The van der Waals surface area contributed by atoms with Gasteiger partial charge in [0.2, 0.25) is 0 Å². The molecule has 2 aliphatic rings. The van der Waals surface area contributed by atoms with E-state index in [9.17, 15) is 4.79 Å². The van der Waals surface area contributed by atoms with Crippen LogP contribution in [0.25, 0.3) is 5.57 Å². The maximum atomic E-state index is 12.0. The van der Waals surface area contributed by atoms with Crippen molar-refractivity contribution in [3.05, 3.63) is 35.9 Å². The minimum absolute atomic E-state index is 0.0827. The maximum absolute atomic E-state index is 12.0. The molecule has 2 heteroatoms. The summed E-state index contributed by atoms with van der Waals surface area (Å²) in [7, 11) is 1.68. The first-order chi connectivity index (χ1) is 8.62. The van der Waals surface area contributed by atoms with Crippen molar-refractivity contribution in [3.63, 3.8) is 0 Å². The highest BCUT2D eigenvalue weighted by Crippen LogP contribution is 2.51. The van der Waals surface area contributed by atoms with Crippen molar-refractivity contribution >= 4 is 11.4 Å². The van der Waals surface area contributed by atoms with Gasteiger partial charge in [-0.05, 0) is 42.0 Å². The molecule has 2 aliphatic carbocycles. The molecule has 2 nitrogen and oxygen atoms in total. The third-order valence-corrected chi connectivity index (χ3v) is 4.44. The van der Waals surface area contributed by atoms with Crippen molar-refractivity contribution in [1.29, 1.82) is 0 Å². The first-order valence-corrected chi connectivity index (χ1v) is 6.50. The van der Waals surface area contributed by atoms with Crippen molar-refractivity contribution in [2.45, 2.75) is 26.2 Å². The van der Waals surface area contributed by atoms with Gasteiger partial charge in [-0.3, -0.25) is 4.79 Å². The molecule has 1 aromatic carbocycles. The highest BCUT2D eigenvalue weighted by Gasteiger charge is 2.46. The van der Waals surface area contributed by atoms with Crippen LogP contribution >= 0.6 is 0 Å². The summed E-state index contributed by atoms with van der Waals surface area (Å²) in [6.45, 7) is 2.11. The van der Waals surface area contributed by atoms with Crippen molar-refractivity contribution in [1.82, 2.24) is 0 Å². The summed E-state index contributed by atoms with van der Waals surface area (Å²) in [4.78, 5) is 12.0. The number of hydrogen-bond donors (Lipinski definition) is 0. The van der Waals surface area contributed by atoms with Crippen LogP contribution in [0.2, 0.25) is 0 Å². The number of fused-ring (bicyclic) bond motifs is 2. The number of benzene rings is 1. The largest absolute Gasteiger partial charge is 0.497 e. The Morgan fingerprint density at radius 1 is 1.28 bits per heavy atom. The summed E-state index contributed by atoms with van der Waals surface area (Å²) >= 11 is 0. The highest BCUT2D eigenvalue weighted by atomic mass is 16.5. The van der Waals surface area contributed by atoms with Crippen molar-refractivity contribution in [2.75, 3.05) is 7.11 Å². The molecule has 0 aromatic heterocycles. The Hall–Kier alpha value is -1.57. The van der Waals surface area contributed by atoms with Crippen LogP contribution < -0.4 is 4.74 Å². The van der Waals surface area contributed by atoms with Crippen LogP contribution in [0.15, 0.2) is 30.3 Å². The van der Waals surface area contributed by atoms with Crippen molar-refractivity contribution in [3.8, 4) is 5.75 Å². The van der Waals surface area contributed by atoms with Crippen LogP contribution in [0.4, 0.5) is 0 Å². The Morgan fingerprint density at radius 3 is 2.67 bits per heavy atom. The van der Waals surface area contributed by atoms with Crippen LogP contribution in [-0.2, 0) is 4.79 Å². The normalized spacial score (nSPS) is 30.2. The summed E-state index contributed by atoms with van der Waals surface area (Å²) in [5.41, 5.74) is 2.50. The number of ketones is 1. The van der Waals surface area contributed by atoms with Gasteiger partial charge in [0, 0.05) is 11.8 Å². The zero-order valence-electron chi connectivity index (χ0n) is 10.9. The average Bonchev–Trinajstić information content (AvgIpc) is 2.61. The Kier molecular flexibility index (Phi) is 2.54. The SMILES string of the molecule is COc1ccc(C2=CCC3(C)CC2CC3=O)cc1. The maximum Gasteiger partial charge on any atom is 0.139 e. The van der Waals surface area contributed by atoms with Gasteiger partial charge < -0.3 is 4.74 Å². The molecule has 2 bridgehead atoms. The van der Waals surface area contributed by atoms with E-state index in [4.69, 9.17) is 4.74 Å². The summed E-state index contributed by atoms with van der Waals surface area (Å²) in [5, 5.41) is 0. The van der Waals surface area contributed by atoms with Crippen molar-refractivity contribution in [2.24, 2.45) is 11.3 Å². The molecule has 1 saturated carbocycles.